The lowest BCUT2D eigenvalue weighted by molar-refractivity contribution is 0.0996. The molecule has 0 fully saturated rings. The number of nitrogens with one attached hydrogen (secondary N) is 1. The highest BCUT2D eigenvalue weighted by atomic mass is 35.5. The zero-order valence-electron chi connectivity index (χ0n) is 16.4. The second kappa shape index (κ2) is 9.16. The highest BCUT2D eigenvalue weighted by Crippen LogP contribution is 2.26. The van der Waals surface area contributed by atoms with Crippen LogP contribution in [0.3, 0.4) is 0 Å². The van der Waals surface area contributed by atoms with Crippen molar-refractivity contribution in [2.45, 2.75) is 10.1 Å². The van der Waals surface area contributed by atoms with Gasteiger partial charge in [-0.2, -0.15) is 0 Å². The fourth-order valence-electron chi connectivity index (χ4n) is 2.91. The van der Waals surface area contributed by atoms with E-state index in [0.29, 0.717) is 27.4 Å². The molecule has 8 heteroatoms. The summed E-state index contributed by atoms with van der Waals surface area (Å²) in [7, 11) is 1.87. The van der Waals surface area contributed by atoms with E-state index >= 15 is 0 Å². The molecule has 1 aromatic heterocycles. The van der Waals surface area contributed by atoms with Crippen LogP contribution in [0.25, 0.3) is 0 Å². The molecule has 1 N–H and O–H groups in total. The minimum absolute atomic E-state index is 0.238. The highest BCUT2D eigenvalue weighted by Gasteiger charge is 2.18. The van der Waals surface area contributed by atoms with Crippen LogP contribution in [-0.4, -0.2) is 26.5 Å². The molecule has 0 bridgehead atoms. The van der Waals surface area contributed by atoms with Crippen molar-refractivity contribution in [3.05, 3.63) is 101 Å². The largest absolute Gasteiger partial charge is 0.322 e. The Morgan fingerprint density at radius 3 is 2.26 bits per heavy atom. The van der Waals surface area contributed by atoms with Gasteiger partial charge < -0.3 is 9.88 Å². The average Bonchev–Trinajstić information content (AvgIpc) is 3.19. The van der Waals surface area contributed by atoms with Gasteiger partial charge in [0.05, 0.1) is 5.56 Å². The Bertz CT molecular complexity index is 1240. The minimum atomic E-state index is -0.355. The van der Waals surface area contributed by atoms with E-state index in [0.717, 1.165) is 10.1 Å². The predicted molar refractivity (Wildman–Crippen MR) is 121 cm³/mol. The van der Waals surface area contributed by atoms with Gasteiger partial charge in [0.25, 0.3) is 5.91 Å². The number of hydrogen-bond donors (Lipinski definition) is 1. The lowest BCUT2D eigenvalue weighted by Gasteiger charge is -2.10. The normalized spacial score (nSPS) is 10.6. The molecule has 0 radical (unpaired) electrons. The topological polar surface area (TPSA) is 76.9 Å². The van der Waals surface area contributed by atoms with Crippen LogP contribution in [0.5, 0.6) is 0 Å². The smallest absolute Gasteiger partial charge is 0.256 e. The number of benzene rings is 3. The van der Waals surface area contributed by atoms with Crippen molar-refractivity contribution in [1.29, 1.82) is 0 Å². The van der Waals surface area contributed by atoms with Gasteiger partial charge in [0, 0.05) is 33.8 Å². The summed E-state index contributed by atoms with van der Waals surface area (Å²) < 4.78 is 1.83. The molecule has 6 nitrogen and oxygen atoms in total. The minimum Gasteiger partial charge on any atom is -0.322 e. The number of hydrogen-bond acceptors (Lipinski definition) is 5. The Morgan fingerprint density at radius 2 is 1.61 bits per heavy atom. The van der Waals surface area contributed by atoms with Crippen molar-refractivity contribution in [3.8, 4) is 0 Å². The van der Waals surface area contributed by atoms with Gasteiger partial charge in [-0.05, 0) is 66.4 Å². The monoisotopic (exact) mass is 448 g/mol. The number of aryl methyl sites for hydroxylation is 1. The van der Waals surface area contributed by atoms with Gasteiger partial charge in [-0.3, -0.25) is 9.59 Å². The molecular formula is C23H17ClN4O2S. The lowest BCUT2D eigenvalue weighted by Crippen LogP contribution is -2.16. The molecule has 0 atom stereocenters. The van der Waals surface area contributed by atoms with Crippen LogP contribution in [0.1, 0.15) is 26.3 Å². The van der Waals surface area contributed by atoms with E-state index in [-0.39, 0.29) is 11.7 Å². The van der Waals surface area contributed by atoms with Crippen LogP contribution < -0.4 is 5.32 Å². The van der Waals surface area contributed by atoms with Crippen LogP contribution in [0.15, 0.2) is 89.2 Å². The molecule has 1 heterocycles. The molecule has 4 rings (SSSR count). The molecule has 0 saturated carbocycles. The van der Waals surface area contributed by atoms with E-state index in [2.05, 4.69) is 15.5 Å². The van der Waals surface area contributed by atoms with Gasteiger partial charge in [0.2, 0.25) is 0 Å². The zero-order chi connectivity index (χ0) is 21.8. The average molecular weight is 449 g/mol. The van der Waals surface area contributed by atoms with Crippen molar-refractivity contribution in [2.24, 2.45) is 7.05 Å². The third kappa shape index (κ3) is 4.84. The fourth-order valence-corrected chi connectivity index (χ4v) is 3.80. The highest BCUT2D eigenvalue weighted by molar-refractivity contribution is 7.99. The summed E-state index contributed by atoms with van der Waals surface area (Å²) in [5.41, 5.74) is 1.73. The molecule has 0 aliphatic carbocycles. The molecule has 3 aromatic carbocycles. The molecule has 1 amide bonds. The second-order valence-electron chi connectivity index (χ2n) is 6.69. The number of carbonyl (C=O) groups is 2. The standard InChI is InChI=1S/C23H17ClN4O2S/c1-28-14-25-27-23(28)31-18-12-10-17(11-13-18)26-22(30)20-5-3-2-4-19(20)21(29)15-6-8-16(24)9-7-15/h2-14H,1H3,(H,26,30). The Labute approximate surface area is 188 Å². The number of halogens is 1. The zero-order valence-corrected chi connectivity index (χ0v) is 18.0. The predicted octanol–water partition coefficient (Wildman–Crippen LogP) is 5.10. The molecule has 0 aliphatic rings. The summed E-state index contributed by atoms with van der Waals surface area (Å²) in [6.45, 7) is 0. The summed E-state index contributed by atoms with van der Waals surface area (Å²) in [5.74, 6) is -0.593. The van der Waals surface area contributed by atoms with Crippen molar-refractivity contribution < 1.29 is 9.59 Å². The molecule has 0 saturated heterocycles. The van der Waals surface area contributed by atoms with Crippen LogP contribution >= 0.6 is 23.4 Å². The Hall–Kier alpha value is -3.42. The Kier molecular flexibility index (Phi) is 6.16. The van der Waals surface area contributed by atoms with Gasteiger partial charge in [-0.1, -0.05) is 29.8 Å². The maximum Gasteiger partial charge on any atom is 0.256 e. The Balaban J connectivity index is 1.51. The summed E-state index contributed by atoms with van der Waals surface area (Å²) in [6, 6.07) is 20.7. The second-order valence-corrected chi connectivity index (χ2v) is 8.16. The summed E-state index contributed by atoms with van der Waals surface area (Å²) >= 11 is 7.38. The lowest BCUT2D eigenvalue weighted by atomic mass is 9.98. The first-order valence-corrected chi connectivity index (χ1v) is 10.5. The van der Waals surface area contributed by atoms with Crippen LogP contribution in [0.2, 0.25) is 5.02 Å². The quantitative estimate of drug-likeness (QED) is 0.415. The Morgan fingerprint density at radius 1 is 0.935 bits per heavy atom. The number of nitrogens with zero attached hydrogens (tertiary/aromatic N) is 3. The van der Waals surface area contributed by atoms with Gasteiger partial charge in [-0.25, -0.2) is 0 Å². The van der Waals surface area contributed by atoms with Crippen LogP contribution in [0.4, 0.5) is 5.69 Å². The van der Waals surface area contributed by atoms with Crippen molar-refractivity contribution >= 4 is 40.7 Å². The van der Waals surface area contributed by atoms with E-state index in [1.165, 1.54) is 11.8 Å². The molecule has 0 spiro atoms. The number of amides is 1. The molecule has 0 aliphatic heterocycles. The SMILES string of the molecule is Cn1cnnc1Sc1ccc(NC(=O)c2ccccc2C(=O)c2ccc(Cl)cc2)cc1. The first kappa shape index (κ1) is 20.8. The van der Waals surface area contributed by atoms with Crippen molar-refractivity contribution in [2.75, 3.05) is 5.32 Å². The molecule has 31 heavy (non-hydrogen) atoms. The first-order chi connectivity index (χ1) is 15.0. The third-order valence-corrected chi connectivity index (χ3v) is 5.83. The summed E-state index contributed by atoms with van der Waals surface area (Å²) in [4.78, 5) is 26.8. The van der Waals surface area contributed by atoms with E-state index in [1.807, 2.05) is 23.7 Å². The van der Waals surface area contributed by atoms with Gasteiger partial charge >= 0.3 is 0 Å². The number of anilines is 1. The maximum atomic E-state index is 12.9. The third-order valence-electron chi connectivity index (χ3n) is 4.51. The number of carbonyl (C=O) groups excluding carboxylic acids is 2. The van der Waals surface area contributed by atoms with E-state index in [1.54, 1.807) is 67.0 Å². The number of ketones is 1. The van der Waals surface area contributed by atoms with Gasteiger partial charge in [0.15, 0.2) is 10.9 Å². The molecule has 154 valence electrons. The van der Waals surface area contributed by atoms with Crippen molar-refractivity contribution in [3.63, 3.8) is 0 Å². The summed E-state index contributed by atoms with van der Waals surface area (Å²) in [5, 5.41) is 12.1. The van der Waals surface area contributed by atoms with E-state index in [4.69, 9.17) is 11.6 Å². The maximum absolute atomic E-state index is 12.9. The van der Waals surface area contributed by atoms with Crippen molar-refractivity contribution in [1.82, 2.24) is 14.8 Å². The van der Waals surface area contributed by atoms with E-state index in [9.17, 15) is 9.59 Å². The number of aromatic nitrogens is 3. The first-order valence-electron chi connectivity index (χ1n) is 9.34. The van der Waals surface area contributed by atoms with Gasteiger partial charge in [0.1, 0.15) is 6.33 Å². The van der Waals surface area contributed by atoms with Crippen LogP contribution in [-0.2, 0) is 7.05 Å². The molecule has 4 aromatic rings. The number of rotatable bonds is 6. The molecule has 0 unspecified atom stereocenters. The molecular weight excluding hydrogens is 432 g/mol. The fraction of sp³-hybridized carbons (Fsp3) is 0.0435. The van der Waals surface area contributed by atoms with Crippen LogP contribution in [0, 0.1) is 0 Å². The summed E-state index contributed by atoms with van der Waals surface area (Å²) in [6.07, 6.45) is 1.64. The van der Waals surface area contributed by atoms with E-state index < -0.39 is 0 Å². The van der Waals surface area contributed by atoms with Gasteiger partial charge in [-0.15, -0.1) is 10.2 Å².